The van der Waals surface area contributed by atoms with E-state index < -0.39 is 48.1 Å². The number of nitrogens with zero attached hydrogens (tertiary/aromatic N) is 1. The molecule has 1 aliphatic rings. The third-order valence-corrected chi connectivity index (χ3v) is 10.9. The molecule has 4 N–H and O–H groups in total. The average Bonchev–Trinajstić information content (AvgIpc) is 3.23. The van der Waals surface area contributed by atoms with Crippen LogP contribution in [-0.2, 0) is 35.2 Å². The molecule has 12 nitrogen and oxygen atoms in total. The number of ether oxygens (including phenoxy) is 3. The SMILES string of the molecule is CCCC[C@H](NC(=O)[C@H](C)N(C(=O)OCc1ccccc1)c1cccc2ccccc12)C(=O)N[C@@H](CC(C)C)[C@@H](O)CC(CC(C)OC1CCCCO1)C(=O)NCC(C)C. The van der Waals surface area contributed by atoms with Crippen LogP contribution in [0.25, 0.3) is 10.8 Å². The molecule has 0 spiro atoms. The molecule has 0 aliphatic carbocycles. The second-order valence-electron chi connectivity index (χ2n) is 17.1. The number of aliphatic hydroxyl groups is 1. The molecule has 12 heteroatoms. The number of benzene rings is 3. The molecule has 330 valence electrons. The molecule has 3 aromatic carbocycles. The number of unbranched alkanes of at least 4 members (excludes halogenated alkanes) is 1. The van der Waals surface area contributed by atoms with E-state index in [1.54, 1.807) is 13.0 Å². The zero-order valence-corrected chi connectivity index (χ0v) is 36.9. The Balaban J connectivity index is 1.53. The minimum absolute atomic E-state index is 0.0114. The van der Waals surface area contributed by atoms with Gasteiger partial charge in [-0.3, -0.25) is 19.3 Å². The summed E-state index contributed by atoms with van der Waals surface area (Å²) in [6, 6.07) is 19.8. The minimum atomic E-state index is -1.07. The van der Waals surface area contributed by atoms with Crippen molar-refractivity contribution in [1.29, 1.82) is 0 Å². The van der Waals surface area contributed by atoms with E-state index in [1.165, 1.54) is 4.90 Å². The normalized spacial score (nSPS) is 17.3. The summed E-state index contributed by atoms with van der Waals surface area (Å²) in [7, 11) is 0. The van der Waals surface area contributed by atoms with Crippen LogP contribution in [0, 0.1) is 17.8 Å². The molecule has 0 aromatic heterocycles. The van der Waals surface area contributed by atoms with Crippen LogP contribution in [0.3, 0.4) is 0 Å². The Hall–Kier alpha value is -4.52. The lowest BCUT2D eigenvalue weighted by atomic mass is 9.88. The predicted molar refractivity (Wildman–Crippen MR) is 236 cm³/mol. The second-order valence-corrected chi connectivity index (χ2v) is 17.1. The van der Waals surface area contributed by atoms with E-state index in [9.17, 15) is 24.3 Å². The van der Waals surface area contributed by atoms with Crippen LogP contribution >= 0.6 is 0 Å². The van der Waals surface area contributed by atoms with Gasteiger partial charge in [0.2, 0.25) is 17.7 Å². The maximum atomic E-state index is 14.3. The minimum Gasteiger partial charge on any atom is -0.444 e. The third-order valence-electron chi connectivity index (χ3n) is 10.9. The average molecular weight is 831 g/mol. The number of hydrogen-bond donors (Lipinski definition) is 4. The molecule has 3 aromatic rings. The van der Waals surface area contributed by atoms with Gasteiger partial charge in [-0.25, -0.2) is 4.79 Å². The molecular formula is C48H70N4O8. The number of carbonyl (C=O) groups is 4. The standard InChI is InChI=1S/C48H70N4O8/c1-8-9-23-40(50-45(54)35(7)52(48(57)59-31-36-18-11-10-12-19-36)42-24-17-21-37-20-13-14-22-39(37)42)47(56)51-41(27-32(2)3)43(53)29-38(46(55)49-30-33(4)5)28-34(6)60-44-25-15-16-26-58-44/h10-14,17-22,24,32-35,38,40-41,43-44,53H,8-9,15-16,23,25-31H2,1-7H3,(H,49,55)(H,50,54)(H,51,56)/t34?,35-,38?,40-,41-,43-,44?/m0/s1. The Kier molecular flexibility index (Phi) is 19.8. The molecule has 1 aliphatic heterocycles. The van der Waals surface area contributed by atoms with Crippen molar-refractivity contribution in [3.63, 3.8) is 0 Å². The van der Waals surface area contributed by atoms with E-state index in [2.05, 4.69) is 16.0 Å². The van der Waals surface area contributed by atoms with E-state index in [0.717, 1.165) is 42.0 Å². The van der Waals surface area contributed by atoms with Crippen LogP contribution in [0.1, 0.15) is 112 Å². The van der Waals surface area contributed by atoms with Gasteiger partial charge in [-0.2, -0.15) is 0 Å². The number of amides is 4. The van der Waals surface area contributed by atoms with E-state index >= 15 is 0 Å². The fourth-order valence-electron chi connectivity index (χ4n) is 7.61. The quantitative estimate of drug-likeness (QED) is 0.0749. The van der Waals surface area contributed by atoms with Crippen molar-refractivity contribution in [1.82, 2.24) is 16.0 Å². The fraction of sp³-hybridized carbons (Fsp3) is 0.583. The highest BCUT2D eigenvalue weighted by molar-refractivity contribution is 6.05. The largest absolute Gasteiger partial charge is 0.444 e. The summed E-state index contributed by atoms with van der Waals surface area (Å²) in [6.45, 7) is 14.8. The highest BCUT2D eigenvalue weighted by Gasteiger charge is 2.35. The number of nitrogens with one attached hydrogen (secondary N) is 3. The summed E-state index contributed by atoms with van der Waals surface area (Å²) in [5.41, 5.74) is 1.30. The number of fused-ring (bicyclic) bond motifs is 1. The first-order chi connectivity index (χ1) is 28.8. The second kappa shape index (κ2) is 24.7. The molecule has 0 saturated carbocycles. The lowest BCUT2D eigenvalue weighted by molar-refractivity contribution is -0.188. The molecule has 1 heterocycles. The number of anilines is 1. The first-order valence-electron chi connectivity index (χ1n) is 22.1. The van der Waals surface area contributed by atoms with Crippen LogP contribution in [-0.4, -0.2) is 78.7 Å². The van der Waals surface area contributed by atoms with Crippen LogP contribution in [0.2, 0.25) is 0 Å². The first-order valence-corrected chi connectivity index (χ1v) is 22.1. The lowest BCUT2D eigenvalue weighted by Crippen LogP contribution is -2.56. The zero-order chi connectivity index (χ0) is 43.6. The van der Waals surface area contributed by atoms with E-state index in [1.807, 2.05) is 108 Å². The van der Waals surface area contributed by atoms with Gasteiger partial charge in [-0.1, -0.05) is 114 Å². The van der Waals surface area contributed by atoms with Gasteiger partial charge in [0.1, 0.15) is 18.7 Å². The van der Waals surface area contributed by atoms with Crippen molar-refractivity contribution >= 4 is 40.3 Å². The van der Waals surface area contributed by atoms with E-state index in [0.29, 0.717) is 44.5 Å². The van der Waals surface area contributed by atoms with Crippen molar-refractivity contribution in [2.75, 3.05) is 18.1 Å². The van der Waals surface area contributed by atoms with Gasteiger partial charge < -0.3 is 35.3 Å². The first kappa shape index (κ1) is 48.1. The summed E-state index contributed by atoms with van der Waals surface area (Å²) in [5, 5.41) is 22.6. The van der Waals surface area contributed by atoms with Gasteiger partial charge >= 0.3 is 6.09 Å². The van der Waals surface area contributed by atoms with Gasteiger partial charge in [0.05, 0.1) is 23.9 Å². The highest BCUT2D eigenvalue weighted by atomic mass is 16.7. The van der Waals surface area contributed by atoms with Crippen molar-refractivity contribution in [3.8, 4) is 0 Å². The van der Waals surface area contributed by atoms with Crippen molar-refractivity contribution in [2.45, 2.75) is 149 Å². The maximum Gasteiger partial charge on any atom is 0.415 e. The molecular weight excluding hydrogens is 761 g/mol. The van der Waals surface area contributed by atoms with Crippen LogP contribution in [0.4, 0.5) is 10.5 Å². The Morgan fingerprint density at radius 2 is 1.53 bits per heavy atom. The maximum absolute atomic E-state index is 14.3. The van der Waals surface area contributed by atoms with Gasteiger partial charge in [0.15, 0.2) is 6.29 Å². The van der Waals surface area contributed by atoms with Crippen molar-refractivity contribution in [3.05, 3.63) is 78.4 Å². The molecule has 0 radical (unpaired) electrons. The molecule has 4 rings (SSSR count). The van der Waals surface area contributed by atoms with Gasteiger partial charge in [-0.05, 0) is 87.6 Å². The number of rotatable bonds is 23. The molecule has 1 fully saturated rings. The summed E-state index contributed by atoms with van der Waals surface area (Å²) in [5.74, 6) is -1.38. The Morgan fingerprint density at radius 1 is 0.817 bits per heavy atom. The zero-order valence-electron chi connectivity index (χ0n) is 36.9. The van der Waals surface area contributed by atoms with E-state index in [-0.39, 0.29) is 43.2 Å². The Labute approximate surface area is 357 Å². The number of hydrogen-bond acceptors (Lipinski definition) is 8. The molecule has 60 heavy (non-hydrogen) atoms. The molecule has 4 amide bonds. The summed E-state index contributed by atoms with van der Waals surface area (Å²) in [4.78, 5) is 57.4. The molecule has 3 unspecified atom stereocenters. The van der Waals surface area contributed by atoms with E-state index in [4.69, 9.17) is 14.2 Å². The third kappa shape index (κ3) is 15.2. The van der Waals surface area contributed by atoms with Crippen LogP contribution in [0.15, 0.2) is 72.8 Å². The Bertz CT molecular complexity index is 1780. The number of aliphatic hydroxyl groups excluding tert-OH is 1. The van der Waals surface area contributed by atoms with Gasteiger partial charge in [-0.15, -0.1) is 0 Å². The lowest BCUT2D eigenvalue weighted by Gasteiger charge is -2.32. The molecule has 1 saturated heterocycles. The van der Waals surface area contributed by atoms with Crippen LogP contribution < -0.4 is 20.9 Å². The van der Waals surface area contributed by atoms with Gasteiger partial charge in [0.25, 0.3) is 0 Å². The monoisotopic (exact) mass is 831 g/mol. The molecule has 7 atom stereocenters. The number of carbonyl (C=O) groups excluding carboxylic acids is 4. The fourth-order valence-corrected chi connectivity index (χ4v) is 7.61. The van der Waals surface area contributed by atoms with Crippen molar-refractivity contribution in [2.24, 2.45) is 17.8 Å². The molecule has 0 bridgehead atoms. The van der Waals surface area contributed by atoms with Crippen LogP contribution in [0.5, 0.6) is 0 Å². The smallest absolute Gasteiger partial charge is 0.415 e. The Morgan fingerprint density at radius 3 is 2.22 bits per heavy atom. The highest BCUT2D eigenvalue weighted by Crippen LogP contribution is 2.30. The topological polar surface area (TPSA) is 156 Å². The summed E-state index contributed by atoms with van der Waals surface area (Å²) < 4.78 is 17.8. The predicted octanol–water partition coefficient (Wildman–Crippen LogP) is 8.04. The summed E-state index contributed by atoms with van der Waals surface area (Å²) in [6.07, 6.45) is 3.14. The van der Waals surface area contributed by atoms with Gasteiger partial charge in [0, 0.05) is 24.5 Å². The van der Waals surface area contributed by atoms with Crippen molar-refractivity contribution < 1.29 is 38.5 Å². The summed E-state index contributed by atoms with van der Waals surface area (Å²) >= 11 is 0.